The van der Waals surface area contributed by atoms with E-state index in [0.29, 0.717) is 19.3 Å². The number of carbonyl (C=O) groups excluding carboxylic acids is 2. The van der Waals surface area contributed by atoms with E-state index in [4.69, 9.17) is 14.2 Å². The Bertz CT molecular complexity index is 1510. The van der Waals surface area contributed by atoms with Crippen molar-refractivity contribution in [3.8, 4) is 0 Å². The molecule has 1 heterocycles. The Morgan fingerprint density at radius 1 is 0.437 bits per heavy atom. The number of hydrogen-bond acceptors (Lipinski definition) is 10. The second-order valence-corrected chi connectivity index (χ2v) is 26.7. The fraction of sp³-hybridized carbons (Fsp3) is 0.921. The standard InChI is InChI=1S/C76H145NO10/c1-4-7-10-13-16-19-22-24-26-28-30-32-33-34-35-36-38-39-41-43-45-48-51-54-57-60-63-69(80)75(84)77-67(68(79)62-59-56-53-50-47-21-18-15-12-9-6-3)66-85-76-74(73(83)72(82)70(65-78)86-76)87-71(81)64-61-58-55-52-49-46-44-42-40-37-31-29-27-25-23-20-17-14-11-8-5-2/h25,27,59,62,67-70,72-74,76,78-80,82-83H,4-24,26,28-58,60-61,63-66H2,1-3H3,(H,77,84)/b27-25+,62-59+. The summed E-state index contributed by atoms with van der Waals surface area (Å²) in [4.78, 5) is 26.7. The molecule has 1 amide bonds. The minimum Gasteiger partial charge on any atom is -0.454 e. The maximum absolute atomic E-state index is 13.5. The lowest BCUT2D eigenvalue weighted by molar-refractivity contribution is -0.305. The number of allylic oxidation sites excluding steroid dienone is 3. The Kier molecular flexibility index (Phi) is 61.4. The van der Waals surface area contributed by atoms with Gasteiger partial charge in [-0.15, -0.1) is 0 Å². The van der Waals surface area contributed by atoms with Crippen LogP contribution in [0.2, 0.25) is 0 Å². The number of carbonyl (C=O) groups is 2. The van der Waals surface area contributed by atoms with Gasteiger partial charge in [-0.1, -0.05) is 353 Å². The number of rotatable bonds is 67. The lowest BCUT2D eigenvalue weighted by Gasteiger charge is -2.41. The normalized spacial score (nSPS) is 18.3. The smallest absolute Gasteiger partial charge is 0.306 e. The molecule has 1 fully saturated rings. The molecule has 1 aliphatic heterocycles. The van der Waals surface area contributed by atoms with E-state index in [1.807, 2.05) is 6.08 Å². The minimum atomic E-state index is -1.61. The first-order chi connectivity index (χ1) is 42.7. The molecule has 8 unspecified atom stereocenters. The van der Waals surface area contributed by atoms with E-state index in [1.165, 1.54) is 283 Å². The number of unbranched alkanes of at least 4 members (excludes halogenated alkanes) is 51. The van der Waals surface area contributed by atoms with Crippen LogP contribution >= 0.6 is 0 Å². The first-order valence-corrected chi connectivity index (χ1v) is 38.1. The maximum Gasteiger partial charge on any atom is 0.306 e. The molecule has 1 rings (SSSR count). The molecule has 514 valence electrons. The summed E-state index contributed by atoms with van der Waals surface area (Å²) in [7, 11) is 0. The molecule has 8 atom stereocenters. The Morgan fingerprint density at radius 2 is 0.759 bits per heavy atom. The molecule has 0 bridgehead atoms. The van der Waals surface area contributed by atoms with Gasteiger partial charge in [-0.2, -0.15) is 0 Å². The fourth-order valence-electron chi connectivity index (χ4n) is 12.4. The van der Waals surface area contributed by atoms with E-state index in [9.17, 15) is 35.1 Å². The molecule has 11 heteroatoms. The molecule has 0 radical (unpaired) electrons. The van der Waals surface area contributed by atoms with Gasteiger partial charge in [0.1, 0.15) is 24.4 Å². The van der Waals surface area contributed by atoms with Crippen LogP contribution in [0.3, 0.4) is 0 Å². The number of nitrogens with one attached hydrogen (secondary N) is 1. The van der Waals surface area contributed by atoms with Gasteiger partial charge in [0.05, 0.1) is 25.4 Å². The Hall–Kier alpha value is -1.86. The first-order valence-electron chi connectivity index (χ1n) is 38.1. The zero-order valence-corrected chi connectivity index (χ0v) is 57.4. The summed E-state index contributed by atoms with van der Waals surface area (Å²) in [5.41, 5.74) is 0. The zero-order valence-electron chi connectivity index (χ0n) is 57.4. The van der Waals surface area contributed by atoms with Gasteiger partial charge in [-0.05, 0) is 51.4 Å². The molecular formula is C76H145NO10. The van der Waals surface area contributed by atoms with Crippen LogP contribution in [-0.2, 0) is 23.8 Å². The highest BCUT2D eigenvalue weighted by Gasteiger charge is 2.47. The summed E-state index contributed by atoms with van der Waals surface area (Å²) >= 11 is 0. The average Bonchev–Trinajstić information content (AvgIpc) is 3.60. The molecule has 11 nitrogen and oxygen atoms in total. The van der Waals surface area contributed by atoms with Crippen LogP contribution in [0.4, 0.5) is 0 Å². The van der Waals surface area contributed by atoms with Crippen molar-refractivity contribution in [1.29, 1.82) is 0 Å². The van der Waals surface area contributed by atoms with Gasteiger partial charge in [-0.3, -0.25) is 9.59 Å². The van der Waals surface area contributed by atoms with Crippen molar-refractivity contribution < 1.29 is 49.3 Å². The van der Waals surface area contributed by atoms with Gasteiger partial charge in [0.15, 0.2) is 12.4 Å². The molecule has 0 aliphatic carbocycles. The minimum absolute atomic E-state index is 0.127. The lowest BCUT2D eigenvalue weighted by Crippen LogP contribution is -2.61. The number of esters is 1. The van der Waals surface area contributed by atoms with Crippen molar-refractivity contribution in [1.82, 2.24) is 5.32 Å². The maximum atomic E-state index is 13.5. The molecule has 0 aromatic carbocycles. The molecule has 6 N–H and O–H groups in total. The Labute approximate surface area is 537 Å². The van der Waals surface area contributed by atoms with Crippen LogP contribution in [0.15, 0.2) is 24.3 Å². The number of amides is 1. The summed E-state index contributed by atoms with van der Waals surface area (Å²) in [6, 6.07) is -1.02. The van der Waals surface area contributed by atoms with E-state index in [2.05, 4.69) is 38.2 Å². The van der Waals surface area contributed by atoms with E-state index < -0.39 is 67.4 Å². The molecule has 1 saturated heterocycles. The van der Waals surface area contributed by atoms with Crippen LogP contribution < -0.4 is 5.32 Å². The van der Waals surface area contributed by atoms with Crippen LogP contribution in [0.25, 0.3) is 0 Å². The predicted octanol–water partition coefficient (Wildman–Crippen LogP) is 20.0. The van der Waals surface area contributed by atoms with Gasteiger partial charge in [0.25, 0.3) is 0 Å². The summed E-state index contributed by atoms with van der Waals surface area (Å²) in [6.07, 6.45) is 68.1. The Balaban J connectivity index is 2.49. The van der Waals surface area contributed by atoms with Crippen molar-refractivity contribution in [3.05, 3.63) is 24.3 Å². The molecule has 0 aromatic rings. The fourth-order valence-corrected chi connectivity index (χ4v) is 12.4. The number of aliphatic hydroxyl groups is 5. The van der Waals surface area contributed by atoms with Crippen molar-refractivity contribution >= 4 is 11.9 Å². The third kappa shape index (κ3) is 51.4. The second kappa shape index (κ2) is 64.3. The predicted molar refractivity (Wildman–Crippen MR) is 366 cm³/mol. The monoisotopic (exact) mass is 1230 g/mol. The van der Waals surface area contributed by atoms with E-state index >= 15 is 0 Å². The van der Waals surface area contributed by atoms with Gasteiger partial charge in [0, 0.05) is 6.42 Å². The number of ether oxygens (including phenoxy) is 3. The van der Waals surface area contributed by atoms with E-state index in [1.54, 1.807) is 6.08 Å². The average molecular weight is 1230 g/mol. The summed E-state index contributed by atoms with van der Waals surface area (Å²) in [6.45, 7) is 5.85. The van der Waals surface area contributed by atoms with Crippen LogP contribution in [-0.4, -0.2) is 99.6 Å². The first kappa shape index (κ1) is 83.2. The van der Waals surface area contributed by atoms with Crippen LogP contribution in [0.5, 0.6) is 0 Å². The lowest BCUT2D eigenvalue weighted by atomic mass is 9.99. The molecule has 0 spiro atoms. The molecule has 87 heavy (non-hydrogen) atoms. The van der Waals surface area contributed by atoms with Crippen molar-refractivity contribution in [3.63, 3.8) is 0 Å². The van der Waals surface area contributed by atoms with Gasteiger partial charge >= 0.3 is 5.97 Å². The molecule has 0 saturated carbocycles. The van der Waals surface area contributed by atoms with Gasteiger partial charge in [0.2, 0.25) is 5.91 Å². The Morgan fingerprint density at radius 3 is 1.11 bits per heavy atom. The summed E-state index contributed by atoms with van der Waals surface area (Å²) < 4.78 is 17.7. The quantitative estimate of drug-likeness (QED) is 0.0195. The number of hydrogen-bond donors (Lipinski definition) is 6. The zero-order chi connectivity index (χ0) is 63.1. The van der Waals surface area contributed by atoms with Gasteiger partial charge in [-0.25, -0.2) is 0 Å². The molecular weight excluding hydrogens is 1090 g/mol. The van der Waals surface area contributed by atoms with Gasteiger partial charge < -0.3 is 45.1 Å². The number of aliphatic hydroxyl groups excluding tert-OH is 5. The molecule has 0 aromatic heterocycles. The third-order valence-electron chi connectivity index (χ3n) is 18.4. The van der Waals surface area contributed by atoms with Crippen molar-refractivity contribution in [2.45, 2.75) is 436 Å². The summed E-state index contributed by atoms with van der Waals surface area (Å²) in [5, 5.41) is 57.3. The van der Waals surface area contributed by atoms with Crippen LogP contribution in [0.1, 0.15) is 387 Å². The third-order valence-corrected chi connectivity index (χ3v) is 18.4. The van der Waals surface area contributed by atoms with Crippen LogP contribution in [0, 0.1) is 0 Å². The highest BCUT2D eigenvalue weighted by molar-refractivity contribution is 5.80. The largest absolute Gasteiger partial charge is 0.454 e. The topological polar surface area (TPSA) is 175 Å². The second-order valence-electron chi connectivity index (χ2n) is 26.7. The SMILES string of the molecule is CCCCCCCC/C=C/CCCCCCCCCCCCCC(=O)OC1C(OCC(NC(=O)C(O)CCCCCCCCCCCCCCCCCCCCCCCCCCCC)C(O)/C=C/CCCCCCCCCCC)OC(CO)C(O)C1O. The van der Waals surface area contributed by atoms with Crippen molar-refractivity contribution in [2.75, 3.05) is 13.2 Å². The molecule has 1 aliphatic rings. The summed E-state index contributed by atoms with van der Waals surface area (Å²) in [5.74, 6) is -1.17. The van der Waals surface area contributed by atoms with E-state index in [-0.39, 0.29) is 13.0 Å². The highest BCUT2D eigenvalue weighted by atomic mass is 16.7. The highest BCUT2D eigenvalue weighted by Crippen LogP contribution is 2.27. The van der Waals surface area contributed by atoms with E-state index in [0.717, 1.165) is 57.8 Å². The van der Waals surface area contributed by atoms with Crippen molar-refractivity contribution in [2.24, 2.45) is 0 Å².